The quantitative estimate of drug-likeness (QED) is 0.538. The normalized spacial score (nSPS) is 12.5. The zero-order valence-electron chi connectivity index (χ0n) is 13.8. The highest BCUT2D eigenvalue weighted by atomic mass is 32.2. The summed E-state index contributed by atoms with van der Waals surface area (Å²) in [4.78, 5) is 1.68. The molecule has 0 spiro atoms. The van der Waals surface area contributed by atoms with Gasteiger partial charge in [-0.25, -0.2) is 8.42 Å². The summed E-state index contributed by atoms with van der Waals surface area (Å²) in [7, 11) is -4.51. The number of sulfone groups is 1. The van der Waals surface area contributed by atoms with Gasteiger partial charge in [-0.3, -0.25) is 0 Å². The molecule has 1 aromatic carbocycles. The smallest absolute Gasteiger partial charge is 0.184 e. The minimum atomic E-state index is -3.40. The van der Waals surface area contributed by atoms with E-state index in [1.165, 1.54) is 11.0 Å². The van der Waals surface area contributed by atoms with Crippen LogP contribution in [0.5, 0.6) is 0 Å². The molecule has 0 aliphatic heterocycles. The molecule has 0 unspecified atom stereocenters. The van der Waals surface area contributed by atoms with E-state index in [-0.39, 0.29) is 12.5 Å². The summed E-state index contributed by atoms with van der Waals surface area (Å²) in [6.45, 7) is 7.78. The summed E-state index contributed by atoms with van der Waals surface area (Å²) >= 11 is 0. The summed E-state index contributed by atoms with van der Waals surface area (Å²) in [5.41, 5.74) is 0.419. The Kier molecular flexibility index (Phi) is 5.72. The molecule has 0 aliphatic rings. The van der Waals surface area contributed by atoms with Gasteiger partial charge < -0.3 is 4.74 Å². The summed E-state index contributed by atoms with van der Waals surface area (Å²) < 4.78 is 30.1. The van der Waals surface area contributed by atoms with Gasteiger partial charge in [0.05, 0.1) is 16.8 Å². The molecule has 0 bridgehead atoms. The Balaban J connectivity index is 1.90. The maximum atomic E-state index is 12.3. The van der Waals surface area contributed by atoms with Gasteiger partial charge in [-0.2, -0.15) is 15.0 Å². The van der Waals surface area contributed by atoms with E-state index >= 15 is 0 Å². The molecule has 0 radical (unpaired) electrons. The van der Waals surface area contributed by atoms with Crippen molar-refractivity contribution in [2.75, 3.05) is 6.61 Å². The Hall–Kier alpha value is -1.51. The van der Waals surface area contributed by atoms with Crippen molar-refractivity contribution in [3.8, 4) is 0 Å². The van der Waals surface area contributed by atoms with Gasteiger partial charge in [0.2, 0.25) is 0 Å². The zero-order valence-corrected chi connectivity index (χ0v) is 15.6. The van der Waals surface area contributed by atoms with Gasteiger partial charge in [-0.1, -0.05) is 37.8 Å². The Morgan fingerprint density at radius 1 is 1.17 bits per heavy atom. The second-order valence-corrected chi connectivity index (χ2v) is 14.2. The van der Waals surface area contributed by atoms with Crippen LogP contribution in [0.25, 0.3) is 0 Å². The van der Waals surface area contributed by atoms with Crippen molar-refractivity contribution >= 4 is 17.9 Å². The maximum absolute atomic E-state index is 12.3. The van der Waals surface area contributed by atoms with Crippen molar-refractivity contribution in [1.82, 2.24) is 15.0 Å². The second kappa shape index (κ2) is 7.37. The van der Waals surface area contributed by atoms with Crippen LogP contribution >= 0.6 is 0 Å². The molecule has 0 saturated heterocycles. The van der Waals surface area contributed by atoms with Crippen molar-refractivity contribution in [2.24, 2.45) is 0 Å². The van der Waals surface area contributed by atoms with Gasteiger partial charge in [-0.05, 0) is 18.2 Å². The maximum Gasteiger partial charge on any atom is 0.184 e. The van der Waals surface area contributed by atoms with Crippen molar-refractivity contribution in [3.63, 3.8) is 0 Å². The van der Waals surface area contributed by atoms with E-state index in [0.29, 0.717) is 17.2 Å². The number of hydrogen-bond acceptors (Lipinski definition) is 5. The average molecular weight is 354 g/mol. The monoisotopic (exact) mass is 353 g/mol. The van der Waals surface area contributed by atoms with E-state index in [4.69, 9.17) is 4.74 Å². The number of nitrogens with zero attached hydrogens (tertiary/aromatic N) is 3. The molecular formula is C15H23N3O3SSi. The lowest BCUT2D eigenvalue weighted by Gasteiger charge is -2.14. The molecule has 1 heterocycles. The van der Waals surface area contributed by atoms with Crippen LogP contribution < -0.4 is 0 Å². The largest absolute Gasteiger partial charge is 0.358 e. The molecule has 0 fully saturated rings. The van der Waals surface area contributed by atoms with Crippen LogP contribution in [0.15, 0.2) is 41.4 Å². The molecule has 0 N–H and O–H groups in total. The molecule has 1 aromatic heterocycles. The van der Waals surface area contributed by atoms with Crippen LogP contribution in [0.4, 0.5) is 0 Å². The first-order valence-electron chi connectivity index (χ1n) is 7.51. The molecule has 0 saturated carbocycles. The molecule has 8 heteroatoms. The molecule has 6 nitrogen and oxygen atoms in total. The van der Waals surface area contributed by atoms with Gasteiger partial charge in [0, 0.05) is 14.7 Å². The predicted molar refractivity (Wildman–Crippen MR) is 91.5 cm³/mol. The minimum absolute atomic E-state index is 0.161. The van der Waals surface area contributed by atoms with Gasteiger partial charge in [0.1, 0.15) is 5.75 Å². The average Bonchev–Trinajstić information content (AvgIpc) is 2.90. The molecule has 0 atom stereocenters. The summed E-state index contributed by atoms with van der Waals surface area (Å²) in [6, 6.07) is 9.43. The van der Waals surface area contributed by atoms with E-state index in [0.717, 1.165) is 6.04 Å². The van der Waals surface area contributed by atoms with Crippen LogP contribution in [-0.2, 0) is 27.1 Å². The van der Waals surface area contributed by atoms with Crippen molar-refractivity contribution < 1.29 is 13.2 Å². The Bertz CT molecular complexity index is 724. The highest BCUT2D eigenvalue weighted by molar-refractivity contribution is 7.90. The minimum Gasteiger partial charge on any atom is -0.358 e. The van der Waals surface area contributed by atoms with Gasteiger partial charge in [0.25, 0.3) is 0 Å². The Morgan fingerprint density at radius 3 is 2.52 bits per heavy atom. The van der Waals surface area contributed by atoms with E-state index in [2.05, 4.69) is 29.8 Å². The van der Waals surface area contributed by atoms with E-state index < -0.39 is 17.9 Å². The lowest BCUT2D eigenvalue weighted by atomic mass is 10.4. The summed E-state index contributed by atoms with van der Waals surface area (Å²) in [5.74, 6) is -0.161. The first-order valence-corrected chi connectivity index (χ1v) is 12.9. The number of aromatic nitrogens is 3. The standard InChI is InChI=1S/C15H23N3O3SSi/c1-23(2,3)10-9-21-13-18-16-11-14(17-18)12-22(19,20)15-7-5-4-6-8-15/h4-8,11H,9-10,12-13H2,1-3H3. The lowest BCUT2D eigenvalue weighted by Crippen LogP contribution is -2.22. The van der Waals surface area contributed by atoms with Crippen molar-refractivity contribution in [1.29, 1.82) is 0 Å². The van der Waals surface area contributed by atoms with Gasteiger partial charge in [-0.15, -0.1) is 0 Å². The Labute approximate surface area is 138 Å². The Morgan fingerprint density at radius 2 is 1.87 bits per heavy atom. The van der Waals surface area contributed by atoms with E-state index in [1.807, 2.05) is 0 Å². The summed E-state index contributed by atoms with van der Waals surface area (Å²) in [6.07, 6.45) is 1.47. The van der Waals surface area contributed by atoms with Gasteiger partial charge in [0.15, 0.2) is 16.6 Å². The van der Waals surface area contributed by atoms with Crippen molar-refractivity contribution in [3.05, 3.63) is 42.2 Å². The van der Waals surface area contributed by atoms with E-state index in [1.54, 1.807) is 30.3 Å². The molecule has 0 aliphatic carbocycles. The molecule has 23 heavy (non-hydrogen) atoms. The topological polar surface area (TPSA) is 74.1 Å². The highest BCUT2D eigenvalue weighted by Crippen LogP contribution is 2.14. The number of hydrogen-bond donors (Lipinski definition) is 0. The number of benzene rings is 1. The third-order valence-electron chi connectivity index (χ3n) is 3.23. The van der Waals surface area contributed by atoms with E-state index in [9.17, 15) is 8.42 Å². The second-order valence-electron chi connectivity index (χ2n) is 6.63. The fourth-order valence-corrected chi connectivity index (χ4v) is 3.91. The molecular weight excluding hydrogens is 330 g/mol. The molecule has 0 amide bonds. The fourth-order valence-electron chi connectivity index (χ4n) is 1.89. The SMILES string of the molecule is C[Si](C)(C)CCOCn1ncc(CS(=O)(=O)c2ccccc2)n1. The third-order valence-corrected chi connectivity index (χ3v) is 6.60. The van der Waals surface area contributed by atoms with Crippen LogP contribution in [0.2, 0.25) is 25.7 Å². The first kappa shape index (κ1) is 17.8. The lowest BCUT2D eigenvalue weighted by molar-refractivity contribution is 0.0683. The highest BCUT2D eigenvalue weighted by Gasteiger charge is 2.17. The predicted octanol–water partition coefficient (Wildman–Crippen LogP) is 2.56. The first-order chi connectivity index (χ1) is 10.8. The fraction of sp³-hybridized carbons (Fsp3) is 0.467. The zero-order chi connectivity index (χ0) is 16.9. The van der Waals surface area contributed by atoms with Crippen LogP contribution in [0.1, 0.15) is 5.69 Å². The van der Waals surface area contributed by atoms with Crippen LogP contribution in [0.3, 0.4) is 0 Å². The summed E-state index contributed by atoms with van der Waals surface area (Å²) in [5, 5.41) is 8.22. The van der Waals surface area contributed by atoms with Gasteiger partial charge >= 0.3 is 0 Å². The van der Waals surface area contributed by atoms with Crippen molar-refractivity contribution in [2.45, 2.75) is 43.1 Å². The molecule has 2 rings (SSSR count). The molecule has 126 valence electrons. The third kappa shape index (κ3) is 5.89. The van der Waals surface area contributed by atoms with Crippen LogP contribution in [-0.4, -0.2) is 38.1 Å². The van der Waals surface area contributed by atoms with Crippen LogP contribution in [0, 0.1) is 0 Å². The number of ether oxygens (including phenoxy) is 1. The number of rotatable bonds is 8. The molecule has 2 aromatic rings.